The van der Waals surface area contributed by atoms with Crippen molar-refractivity contribution in [3.63, 3.8) is 0 Å². The van der Waals surface area contributed by atoms with E-state index >= 15 is 0 Å². The lowest BCUT2D eigenvalue weighted by Crippen LogP contribution is -1.93. The van der Waals surface area contributed by atoms with Crippen LogP contribution in [-0.4, -0.2) is 0 Å². The quantitative estimate of drug-likeness (QED) is 0.231. The van der Waals surface area contributed by atoms with Gasteiger partial charge in [-0.1, -0.05) is 91.0 Å². The molecular weight excluding hydrogens is 500 g/mol. The van der Waals surface area contributed by atoms with Crippen LogP contribution < -0.4 is 0 Å². The van der Waals surface area contributed by atoms with Gasteiger partial charge in [0.05, 0.1) is 17.2 Å². The summed E-state index contributed by atoms with van der Waals surface area (Å²) in [5.74, 6) is 0. The van der Waals surface area contributed by atoms with Crippen molar-refractivity contribution >= 4 is 21.9 Å². The molecule has 3 nitrogen and oxygen atoms in total. The molecule has 7 aromatic rings. The molecule has 0 saturated carbocycles. The van der Waals surface area contributed by atoms with Crippen molar-refractivity contribution in [1.29, 1.82) is 10.5 Å². The average Bonchev–Trinajstić information content (AvgIpc) is 3.42. The van der Waals surface area contributed by atoms with Gasteiger partial charge in [-0.25, -0.2) is 0 Å². The first-order chi connectivity index (χ1) is 20.2. The highest BCUT2D eigenvalue weighted by atomic mass is 16.3. The summed E-state index contributed by atoms with van der Waals surface area (Å²) in [5.41, 5.74) is 10.7. The zero-order valence-corrected chi connectivity index (χ0v) is 22.0. The van der Waals surface area contributed by atoms with E-state index in [2.05, 4.69) is 72.8 Å². The molecule has 0 spiro atoms. The zero-order valence-electron chi connectivity index (χ0n) is 22.0. The molecule has 0 N–H and O–H groups in total. The van der Waals surface area contributed by atoms with Crippen molar-refractivity contribution in [1.82, 2.24) is 0 Å². The number of hydrogen-bond acceptors (Lipinski definition) is 3. The van der Waals surface area contributed by atoms with E-state index in [9.17, 15) is 10.5 Å². The number of nitrogens with zero attached hydrogens (tertiary/aromatic N) is 2. The maximum absolute atomic E-state index is 10.4. The van der Waals surface area contributed by atoms with E-state index in [-0.39, 0.29) is 0 Å². The van der Waals surface area contributed by atoms with Gasteiger partial charge in [0.15, 0.2) is 0 Å². The fraction of sp³-hybridized carbons (Fsp3) is 0. The third-order valence-corrected chi connectivity index (χ3v) is 7.57. The van der Waals surface area contributed by atoms with Crippen LogP contribution in [-0.2, 0) is 0 Å². The molecule has 0 aliphatic rings. The largest absolute Gasteiger partial charge is 0.456 e. The summed E-state index contributed by atoms with van der Waals surface area (Å²) in [6.45, 7) is 0. The van der Waals surface area contributed by atoms with Crippen LogP contribution in [0.1, 0.15) is 11.1 Å². The van der Waals surface area contributed by atoms with Gasteiger partial charge in [0.25, 0.3) is 0 Å². The second kappa shape index (κ2) is 10.0. The van der Waals surface area contributed by atoms with Crippen LogP contribution in [0.5, 0.6) is 0 Å². The Kier molecular flexibility index (Phi) is 5.90. The molecule has 0 saturated heterocycles. The minimum absolute atomic E-state index is 0.569. The average molecular weight is 523 g/mol. The van der Waals surface area contributed by atoms with Crippen LogP contribution in [0.2, 0.25) is 0 Å². The number of rotatable bonds is 4. The van der Waals surface area contributed by atoms with E-state index in [0.29, 0.717) is 16.7 Å². The lowest BCUT2D eigenvalue weighted by atomic mass is 9.88. The molecule has 0 unspecified atom stereocenters. The topological polar surface area (TPSA) is 60.7 Å². The first-order valence-electron chi connectivity index (χ1n) is 13.4. The fourth-order valence-electron chi connectivity index (χ4n) is 5.50. The Balaban J connectivity index is 1.41. The number of nitriles is 2. The summed E-state index contributed by atoms with van der Waals surface area (Å²) >= 11 is 0. The first kappa shape index (κ1) is 24.2. The van der Waals surface area contributed by atoms with Gasteiger partial charge in [0.1, 0.15) is 17.2 Å². The standard InChI is InChI=1S/C38H22N2O/c39-23-25-11-17-32-33-18-16-30(22-38(33)41-37(32)19-25)31-20-34(28-9-5-2-6-10-28)36(24-40)35(21-31)29-14-12-27(13-15-29)26-7-3-1-4-8-26/h1-22H. The summed E-state index contributed by atoms with van der Waals surface area (Å²) in [6, 6.07) is 49.3. The van der Waals surface area contributed by atoms with E-state index in [1.54, 1.807) is 6.07 Å². The van der Waals surface area contributed by atoms with Crippen LogP contribution in [0.3, 0.4) is 0 Å². The molecule has 0 aliphatic heterocycles. The normalized spacial score (nSPS) is 10.9. The van der Waals surface area contributed by atoms with Crippen LogP contribution in [0.4, 0.5) is 0 Å². The van der Waals surface area contributed by atoms with Crippen LogP contribution in [0.15, 0.2) is 138 Å². The molecule has 41 heavy (non-hydrogen) atoms. The lowest BCUT2D eigenvalue weighted by molar-refractivity contribution is 0.669. The summed E-state index contributed by atoms with van der Waals surface area (Å²) in [6.07, 6.45) is 0. The molecule has 0 atom stereocenters. The van der Waals surface area contributed by atoms with E-state index < -0.39 is 0 Å². The molecule has 1 heterocycles. The fourth-order valence-corrected chi connectivity index (χ4v) is 5.50. The Hall–Kier alpha value is -5.90. The number of fused-ring (bicyclic) bond motifs is 3. The summed E-state index contributed by atoms with van der Waals surface area (Å²) in [5, 5.41) is 21.7. The van der Waals surface area contributed by atoms with Crippen molar-refractivity contribution in [2.75, 3.05) is 0 Å². The van der Waals surface area contributed by atoms with Gasteiger partial charge in [-0.05, 0) is 75.8 Å². The molecule has 190 valence electrons. The minimum atomic E-state index is 0.569. The van der Waals surface area contributed by atoms with Crippen LogP contribution in [0, 0.1) is 22.7 Å². The minimum Gasteiger partial charge on any atom is -0.456 e. The van der Waals surface area contributed by atoms with Crippen molar-refractivity contribution < 1.29 is 4.42 Å². The molecule has 0 aliphatic carbocycles. The SMILES string of the molecule is N#Cc1ccc2c(c1)oc1cc(-c3cc(-c4ccccc4)c(C#N)c(-c4ccc(-c5ccccc5)cc4)c3)ccc12. The number of benzene rings is 6. The van der Waals surface area contributed by atoms with E-state index in [4.69, 9.17) is 4.42 Å². The van der Waals surface area contributed by atoms with Crippen LogP contribution in [0.25, 0.3) is 66.4 Å². The Morgan fingerprint density at radius 1 is 0.415 bits per heavy atom. The summed E-state index contributed by atoms with van der Waals surface area (Å²) < 4.78 is 6.18. The molecule has 0 fully saturated rings. The predicted molar refractivity (Wildman–Crippen MR) is 165 cm³/mol. The maximum Gasteiger partial charge on any atom is 0.136 e. The van der Waals surface area contributed by atoms with Gasteiger partial charge in [-0.15, -0.1) is 0 Å². The summed E-state index contributed by atoms with van der Waals surface area (Å²) in [4.78, 5) is 0. The van der Waals surface area contributed by atoms with Crippen molar-refractivity contribution in [3.05, 3.63) is 145 Å². The Morgan fingerprint density at radius 3 is 1.56 bits per heavy atom. The third kappa shape index (κ3) is 4.33. The Morgan fingerprint density at radius 2 is 0.927 bits per heavy atom. The molecule has 1 aromatic heterocycles. The molecule has 6 aromatic carbocycles. The number of furan rings is 1. The maximum atomic E-state index is 10.4. The zero-order chi connectivity index (χ0) is 27.8. The molecular formula is C38H22N2O. The monoisotopic (exact) mass is 522 g/mol. The second-order valence-electron chi connectivity index (χ2n) is 10.0. The van der Waals surface area contributed by atoms with Gasteiger partial charge in [-0.3, -0.25) is 0 Å². The van der Waals surface area contributed by atoms with Gasteiger partial charge in [0, 0.05) is 21.9 Å². The highest BCUT2D eigenvalue weighted by molar-refractivity contribution is 6.06. The Labute approximate surface area is 237 Å². The number of hydrogen-bond donors (Lipinski definition) is 0. The highest BCUT2D eigenvalue weighted by Crippen LogP contribution is 2.39. The first-order valence-corrected chi connectivity index (χ1v) is 13.4. The lowest BCUT2D eigenvalue weighted by Gasteiger charge is -2.15. The van der Waals surface area contributed by atoms with Crippen molar-refractivity contribution in [2.24, 2.45) is 0 Å². The van der Waals surface area contributed by atoms with Gasteiger partial charge < -0.3 is 4.42 Å². The van der Waals surface area contributed by atoms with Gasteiger partial charge in [0.2, 0.25) is 0 Å². The van der Waals surface area contributed by atoms with Crippen molar-refractivity contribution in [3.8, 4) is 56.6 Å². The van der Waals surface area contributed by atoms with E-state index in [1.165, 1.54) is 0 Å². The predicted octanol–water partition coefficient (Wildman–Crippen LogP) is 10.00. The highest BCUT2D eigenvalue weighted by Gasteiger charge is 2.17. The third-order valence-electron chi connectivity index (χ3n) is 7.57. The van der Waals surface area contributed by atoms with E-state index in [0.717, 1.165) is 60.9 Å². The second-order valence-corrected chi connectivity index (χ2v) is 10.0. The molecule has 0 radical (unpaired) electrons. The molecule has 7 rings (SSSR count). The van der Waals surface area contributed by atoms with Crippen LogP contribution >= 0.6 is 0 Å². The van der Waals surface area contributed by atoms with Crippen molar-refractivity contribution in [2.45, 2.75) is 0 Å². The Bertz CT molecular complexity index is 2140. The van der Waals surface area contributed by atoms with Gasteiger partial charge >= 0.3 is 0 Å². The summed E-state index contributed by atoms with van der Waals surface area (Å²) in [7, 11) is 0. The smallest absolute Gasteiger partial charge is 0.136 e. The van der Waals surface area contributed by atoms with E-state index in [1.807, 2.05) is 66.7 Å². The molecule has 0 amide bonds. The molecule has 0 bridgehead atoms. The van der Waals surface area contributed by atoms with Gasteiger partial charge in [-0.2, -0.15) is 10.5 Å². The molecule has 3 heteroatoms.